The third-order valence-electron chi connectivity index (χ3n) is 4.42. The van der Waals surface area contributed by atoms with Gasteiger partial charge < -0.3 is 9.64 Å². The molecule has 0 atom stereocenters. The van der Waals surface area contributed by atoms with Crippen molar-refractivity contribution in [1.82, 2.24) is 14.8 Å². The number of amides is 1. The van der Waals surface area contributed by atoms with Crippen molar-refractivity contribution >= 4 is 5.91 Å². The van der Waals surface area contributed by atoms with Crippen LogP contribution in [0.5, 0.6) is 5.75 Å². The summed E-state index contributed by atoms with van der Waals surface area (Å²) in [5.74, 6) is 0.981. The maximum absolute atomic E-state index is 12.4. The maximum atomic E-state index is 12.4. The van der Waals surface area contributed by atoms with Gasteiger partial charge in [-0.25, -0.2) is 0 Å². The molecule has 1 aliphatic rings. The highest BCUT2D eigenvalue weighted by Gasteiger charge is 2.21. The molecule has 0 saturated carbocycles. The van der Waals surface area contributed by atoms with Gasteiger partial charge in [-0.15, -0.1) is 0 Å². The van der Waals surface area contributed by atoms with Crippen molar-refractivity contribution in [1.29, 1.82) is 0 Å². The summed E-state index contributed by atoms with van der Waals surface area (Å²) in [6, 6.07) is 11.8. The average Bonchev–Trinajstić information content (AvgIpc) is 2.67. The van der Waals surface area contributed by atoms with E-state index in [4.69, 9.17) is 4.74 Å². The Labute approximate surface area is 142 Å². The smallest absolute Gasteiger partial charge is 0.255 e. The molecule has 0 spiro atoms. The van der Waals surface area contributed by atoms with E-state index < -0.39 is 0 Å². The molecular formula is C19H23N3O2. The maximum Gasteiger partial charge on any atom is 0.255 e. The average molecular weight is 325 g/mol. The number of nitrogens with zero attached hydrogens (tertiary/aromatic N) is 3. The Morgan fingerprint density at radius 1 is 1.17 bits per heavy atom. The largest absolute Gasteiger partial charge is 0.497 e. The molecular weight excluding hydrogens is 302 g/mol. The molecule has 5 nitrogen and oxygen atoms in total. The molecule has 0 bridgehead atoms. The first-order valence-corrected chi connectivity index (χ1v) is 8.31. The minimum absolute atomic E-state index is 0.0792. The Kier molecular flexibility index (Phi) is 5.43. The van der Waals surface area contributed by atoms with E-state index in [2.05, 4.69) is 22.0 Å². The third-order valence-corrected chi connectivity index (χ3v) is 4.42. The minimum Gasteiger partial charge on any atom is -0.497 e. The van der Waals surface area contributed by atoms with Gasteiger partial charge in [-0.05, 0) is 36.2 Å². The van der Waals surface area contributed by atoms with Crippen LogP contribution >= 0.6 is 0 Å². The Hall–Kier alpha value is -2.40. The number of ether oxygens (including phenoxy) is 1. The quantitative estimate of drug-likeness (QED) is 0.844. The summed E-state index contributed by atoms with van der Waals surface area (Å²) in [5, 5.41) is 0. The van der Waals surface area contributed by atoms with Gasteiger partial charge in [0.05, 0.1) is 12.7 Å². The first-order valence-electron chi connectivity index (χ1n) is 8.31. The summed E-state index contributed by atoms with van der Waals surface area (Å²) in [7, 11) is 1.69. The van der Waals surface area contributed by atoms with Crippen LogP contribution in [0.2, 0.25) is 0 Å². The Balaban J connectivity index is 1.47. The predicted octanol–water partition coefficient (Wildman–Crippen LogP) is 2.09. The summed E-state index contributed by atoms with van der Waals surface area (Å²) in [6.45, 7) is 4.37. The van der Waals surface area contributed by atoms with Crippen molar-refractivity contribution < 1.29 is 9.53 Å². The fraction of sp³-hybridized carbons (Fsp3) is 0.368. The standard InChI is InChI=1S/C19H23N3O2/c1-24-18-6-2-4-16(14-18)7-9-21-10-12-22(13-11-21)19(23)17-5-3-8-20-15-17/h2-6,8,14-15H,7,9-13H2,1H3. The van der Waals surface area contributed by atoms with Gasteiger partial charge in [0, 0.05) is 45.1 Å². The van der Waals surface area contributed by atoms with Crippen molar-refractivity contribution in [2.24, 2.45) is 0 Å². The van der Waals surface area contributed by atoms with E-state index in [9.17, 15) is 4.79 Å². The number of carbonyl (C=O) groups excluding carboxylic acids is 1. The molecule has 0 aliphatic carbocycles. The molecule has 1 aliphatic heterocycles. The van der Waals surface area contributed by atoms with Gasteiger partial charge in [0.2, 0.25) is 0 Å². The van der Waals surface area contributed by atoms with Crippen molar-refractivity contribution in [3.8, 4) is 5.75 Å². The van der Waals surface area contributed by atoms with Crippen molar-refractivity contribution in [2.45, 2.75) is 6.42 Å². The van der Waals surface area contributed by atoms with Crippen molar-refractivity contribution in [3.63, 3.8) is 0 Å². The molecule has 1 aromatic heterocycles. The molecule has 1 saturated heterocycles. The molecule has 5 heteroatoms. The lowest BCUT2D eigenvalue weighted by Crippen LogP contribution is -2.49. The Morgan fingerprint density at radius 3 is 2.71 bits per heavy atom. The fourth-order valence-electron chi connectivity index (χ4n) is 2.96. The molecule has 2 heterocycles. The zero-order valence-electron chi connectivity index (χ0n) is 14.0. The van der Waals surface area contributed by atoms with Crippen LogP contribution in [-0.4, -0.2) is 60.5 Å². The monoisotopic (exact) mass is 325 g/mol. The van der Waals surface area contributed by atoms with E-state index in [0.717, 1.165) is 44.9 Å². The van der Waals surface area contributed by atoms with Gasteiger partial charge >= 0.3 is 0 Å². The van der Waals surface area contributed by atoms with Gasteiger partial charge in [-0.3, -0.25) is 14.7 Å². The van der Waals surface area contributed by atoms with Crippen LogP contribution in [0.15, 0.2) is 48.8 Å². The van der Waals surface area contributed by atoms with Gasteiger partial charge in [0.25, 0.3) is 5.91 Å². The minimum atomic E-state index is 0.0792. The topological polar surface area (TPSA) is 45.7 Å². The molecule has 2 aromatic rings. The van der Waals surface area contributed by atoms with Gasteiger partial charge in [-0.1, -0.05) is 12.1 Å². The Morgan fingerprint density at radius 2 is 2.00 bits per heavy atom. The van der Waals surface area contributed by atoms with E-state index in [1.54, 1.807) is 25.6 Å². The summed E-state index contributed by atoms with van der Waals surface area (Å²) in [6.07, 6.45) is 4.32. The number of pyridine rings is 1. The van der Waals surface area contributed by atoms with Gasteiger partial charge in [-0.2, -0.15) is 0 Å². The molecule has 24 heavy (non-hydrogen) atoms. The first-order chi connectivity index (χ1) is 11.8. The van der Waals surface area contributed by atoms with Crippen LogP contribution in [0.25, 0.3) is 0 Å². The normalized spacial score (nSPS) is 15.3. The lowest BCUT2D eigenvalue weighted by Gasteiger charge is -2.34. The van der Waals surface area contributed by atoms with E-state index in [0.29, 0.717) is 5.56 Å². The Bertz CT molecular complexity index is 667. The molecule has 1 fully saturated rings. The molecule has 0 unspecified atom stereocenters. The van der Waals surface area contributed by atoms with Gasteiger partial charge in [0.15, 0.2) is 0 Å². The van der Waals surface area contributed by atoms with Crippen molar-refractivity contribution in [3.05, 3.63) is 59.9 Å². The molecule has 1 aromatic carbocycles. The first kappa shape index (κ1) is 16.5. The van der Waals surface area contributed by atoms with Crippen LogP contribution in [0.4, 0.5) is 0 Å². The lowest BCUT2D eigenvalue weighted by molar-refractivity contribution is 0.0638. The van der Waals surface area contributed by atoms with Crippen LogP contribution in [0, 0.1) is 0 Å². The van der Waals surface area contributed by atoms with Crippen LogP contribution in [-0.2, 0) is 6.42 Å². The molecule has 0 N–H and O–H groups in total. The molecule has 126 valence electrons. The summed E-state index contributed by atoms with van der Waals surface area (Å²) < 4.78 is 5.27. The van der Waals surface area contributed by atoms with Crippen LogP contribution in [0.1, 0.15) is 15.9 Å². The number of aromatic nitrogens is 1. The SMILES string of the molecule is COc1cccc(CCN2CCN(C(=O)c3cccnc3)CC2)c1. The third kappa shape index (κ3) is 4.11. The zero-order valence-corrected chi connectivity index (χ0v) is 14.0. The second-order valence-electron chi connectivity index (χ2n) is 5.98. The molecule has 1 amide bonds. The lowest BCUT2D eigenvalue weighted by atomic mass is 10.1. The summed E-state index contributed by atoms with van der Waals surface area (Å²) >= 11 is 0. The molecule has 3 rings (SSSR count). The number of piperazine rings is 1. The highest BCUT2D eigenvalue weighted by molar-refractivity contribution is 5.93. The molecule has 0 radical (unpaired) electrons. The van der Waals surface area contributed by atoms with Crippen LogP contribution in [0.3, 0.4) is 0 Å². The summed E-state index contributed by atoms with van der Waals surface area (Å²) in [4.78, 5) is 20.8. The van der Waals surface area contributed by atoms with E-state index >= 15 is 0 Å². The zero-order chi connectivity index (χ0) is 16.8. The van der Waals surface area contributed by atoms with Crippen molar-refractivity contribution in [2.75, 3.05) is 39.8 Å². The van der Waals surface area contributed by atoms with E-state index in [-0.39, 0.29) is 5.91 Å². The van der Waals surface area contributed by atoms with E-state index in [1.807, 2.05) is 23.1 Å². The number of methoxy groups -OCH3 is 1. The number of benzene rings is 1. The number of hydrogen-bond donors (Lipinski definition) is 0. The number of hydrogen-bond acceptors (Lipinski definition) is 4. The summed E-state index contributed by atoms with van der Waals surface area (Å²) in [5.41, 5.74) is 1.95. The number of carbonyl (C=O) groups is 1. The van der Waals surface area contributed by atoms with E-state index in [1.165, 1.54) is 5.56 Å². The van der Waals surface area contributed by atoms with Gasteiger partial charge in [0.1, 0.15) is 5.75 Å². The highest BCUT2D eigenvalue weighted by Crippen LogP contribution is 2.14. The second kappa shape index (κ2) is 7.93. The highest BCUT2D eigenvalue weighted by atomic mass is 16.5. The van der Waals surface area contributed by atoms with Crippen LogP contribution < -0.4 is 4.74 Å². The fourth-order valence-corrected chi connectivity index (χ4v) is 2.96. The predicted molar refractivity (Wildman–Crippen MR) is 93.3 cm³/mol. The second-order valence-corrected chi connectivity index (χ2v) is 5.98. The number of rotatable bonds is 5.